The molecule has 0 radical (unpaired) electrons. The van der Waals surface area contributed by atoms with Gasteiger partial charge < -0.3 is 4.90 Å². The Balaban J connectivity index is 1.75. The standard InChI is InChI=1S/C16H14F2N2O3S/c17-11-4-6-15(7-5-11)24(22,23)19-13-9-16(21)20(10-13)14-3-1-2-12(18)8-14/h1-8,13,19H,9-10H2. The van der Waals surface area contributed by atoms with Crippen LogP contribution in [0.25, 0.3) is 0 Å². The molecule has 1 fully saturated rings. The maximum atomic E-state index is 13.3. The number of rotatable bonds is 4. The summed E-state index contributed by atoms with van der Waals surface area (Å²) in [7, 11) is -3.87. The Kier molecular flexibility index (Phi) is 4.33. The maximum absolute atomic E-state index is 13.3. The fourth-order valence-corrected chi connectivity index (χ4v) is 3.81. The Morgan fingerprint density at radius 2 is 1.75 bits per heavy atom. The second-order valence-corrected chi connectivity index (χ2v) is 7.17. The fraction of sp³-hybridized carbons (Fsp3) is 0.188. The summed E-state index contributed by atoms with van der Waals surface area (Å²) < 4.78 is 53.2. The zero-order valence-electron chi connectivity index (χ0n) is 12.4. The van der Waals surface area contributed by atoms with Crippen molar-refractivity contribution in [1.82, 2.24) is 4.72 Å². The second-order valence-electron chi connectivity index (χ2n) is 5.46. The van der Waals surface area contributed by atoms with Crippen LogP contribution in [-0.2, 0) is 14.8 Å². The Morgan fingerprint density at radius 1 is 1.04 bits per heavy atom. The first-order chi connectivity index (χ1) is 11.3. The topological polar surface area (TPSA) is 66.5 Å². The average Bonchev–Trinajstić information content (AvgIpc) is 2.87. The molecule has 1 N–H and O–H groups in total. The number of sulfonamides is 1. The van der Waals surface area contributed by atoms with E-state index in [0.29, 0.717) is 5.69 Å². The van der Waals surface area contributed by atoms with Crippen molar-refractivity contribution in [2.75, 3.05) is 11.4 Å². The Labute approximate surface area is 138 Å². The van der Waals surface area contributed by atoms with Gasteiger partial charge in [0.15, 0.2) is 0 Å². The lowest BCUT2D eigenvalue weighted by Gasteiger charge is -2.17. The first-order valence-corrected chi connectivity index (χ1v) is 8.67. The van der Waals surface area contributed by atoms with Crippen LogP contribution in [0, 0.1) is 11.6 Å². The SMILES string of the molecule is O=C1CC(NS(=O)(=O)c2ccc(F)cc2)CN1c1cccc(F)c1. The van der Waals surface area contributed by atoms with Crippen molar-refractivity contribution < 1.29 is 22.0 Å². The van der Waals surface area contributed by atoms with Crippen LogP contribution in [0.2, 0.25) is 0 Å². The number of anilines is 1. The van der Waals surface area contributed by atoms with Crippen molar-refractivity contribution in [2.24, 2.45) is 0 Å². The summed E-state index contributed by atoms with van der Waals surface area (Å²) >= 11 is 0. The number of hydrogen-bond acceptors (Lipinski definition) is 3. The summed E-state index contributed by atoms with van der Waals surface area (Å²) in [6.07, 6.45) is -0.0308. The number of carbonyl (C=O) groups is 1. The van der Waals surface area contributed by atoms with Crippen molar-refractivity contribution >= 4 is 21.6 Å². The van der Waals surface area contributed by atoms with Crippen LogP contribution in [0.5, 0.6) is 0 Å². The molecular formula is C16H14F2N2O3S. The predicted octanol–water partition coefficient (Wildman–Crippen LogP) is 2.05. The van der Waals surface area contributed by atoms with Gasteiger partial charge in [-0.2, -0.15) is 0 Å². The minimum Gasteiger partial charge on any atom is -0.311 e. The van der Waals surface area contributed by atoms with E-state index in [1.807, 2.05) is 0 Å². The van der Waals surface area contributed by atoms with Crippen LogP contribution >= 0.6 is 0 Å². The third kappa shape index (κ3) is 3.44. The predicted molar refractivity (Wildman–Crippen MR) is 83.9 cm³/mol. The van der Waals surface area contributed by atoms with E-state index in [1.54, 1.807) is 6.07 Å². The van der Waals surface area contributed by atoms with Gasteiger partial charge in [0, 0.05) is 24.7 Å². The highest BCUT2D eigenvalue weighted by atomic mass is 32.2. The Morgan fingerprint density at radius 3 is 2.42 bits per heavy atom. The van der Waals surface area contributed by atoms with Crippen molar-refractivity contribution in [3.8, 4) is 0 Å². The quantitative estimate of drug-likeness (QED) is 0.916. The van der Waals surface area contributed by atoms with E-state index in [1.165, 1.54) is 23.1 Å². The molecule has 0 bridgehead atoms. The van der Waals surface area contributed by atoms with Gasteiger partial charge in [-0.3, -0.25) is 4.79 Å². The normalized spacial score (nSPS) is 18.2. The number of benzene rings is 2. The molecule has 1 atom stereocenters. The molecule has 5 nitrogen and oxygen atoms in total. The van der Waals surface area contributed by atoms with Crippen LogP contribution in [0.3, 0.4) is 0 Å². The van der Waals surface area contributed by atoms with E-state index in [9.17, 15) is 22.0 Å². The highest BCUT2D eigenvalue weighted by Crippen LogP contribution is 2.23. The molecule has 126 valence electrons. The highest BCUT2D eigenvalue weighted by molar-refractivity contribution is 7.89. The number of hydrogen-bond donors (Lipinski definition) is 1. The molecule has 1 unspecified atom stereocenters. The van der Waals surface area contributed by atoms with Crippen LogP contribution in [0.15, 0.2) is 53.4 Å². The average molecular weight is 352 g/mol. The van der Waals surface area contributed by atoms with Crippen molar-refractivity contribution in [2.45, 2.75) is 17.4 Å². The van der Waals surface area contributed by atoms with Crippen molar-refractivity contribution in [1.29, 1.82) is 0 Å². The molecule has 2 aromatic rings. The minimum absolute atomic E-state index is 0.0308. The minimum atomic E-state index is -3.87. The number of carbonyl (C=O) groups excluding carboxylic acids is 1. The lowest BCUT2D eigenvalue weighted by molar-refractivity contribution is -0.117. The Hall–Kier alpha value is -2.32. The molecule has 2 aromatic carbocycles. The first-order valence-electron chi connectivity index (χ1n) is 7.19. The fourth-order valence-electron chi connectivity index (χ4n) is 2.58. The first kappa shape index (κ1) is 16.5. The molecule has 0 aliphatic carbocycles. The summed E-state index contributed by atoms with van der Waals surface area (Å²) in [5.74, 6) is -1.31. The summed E-state index contributed by atoms with van der Waals surface area (Å²) in [6.45, 7) is 0.0999. The molecule has 0 saturated carbocycles. The van der Waals surface area contributed by atoms with Crippen molar-refractivity contribution in [3.05, 3.63) is 60.2 Å². The number of halogens is 2. The zero-order valence-corrected chi connectivity index (χ0v) is 13.3. The van der Waals surface area contributed by atoms with Gasteiger partial charge in [-0.05, 0) is 42.5 Å². The van der Waals surface area contributed by atoms with E-state index < -0.39 is 27.7 Å². The maximum Gasteiger partial charge on any atom is 0.240 e. The largest absolute Gasteiger partial charge is 0.311 e. The molecule has 1 saturated heterocycles. The number of nitrogens with one attached hydrogen (secondary N) is 1. The summed E-state index contributed by atoms with van der Waals surface area (Å²) in [4.78, 5) is 13.3. The smallest absolute Gasteiger partial charge is 0.240 e. The zero-order chi connectivity index (χ0) is 17.3. The van der Waals surface area contributed by atoms with Gasteiger partial charge >= 0.3 is 0 Å². The van der Waals surface area contributed by atoms with Gasteiger partial charge in [-0.1, -0.05) is 6.07 Å². The highest BCUT2D eigenvalue weighted by Gasteiger charge is 2.33. The summed E-state index contributed by atoms with van der Waals surface area (Å²) in [5.41, 5.74) is 0.378. The molecule has 1 aliphatic rings. The van der Waals surface area contributed by atoms with Gasteiger partial charge in [0.2, 0.25) is 15.9 Å². The number of amides is 1. The van der Waals surface area contributed by atoms with Crippen LogP contribution in [0.1, 0.15) is 6.42 Å². The van der Waals surface area contributed by atoms with Gasteiger partial charge in [0.05, 0.1) is 4.90 Å². The molecule has 3 rings (SSSR count). The van der Waals surface area contributed by atoms with E-state index in [0.717, 1.165) is 24.3 Å². The van der Waals surface area contributed by atoms with Gasteiger partial charge in [-0.15, -0.1) is 0 Å². The lowest BCUT2D eigenvalue weighted by atomic mass is 10.3. The molecule has 8 heteroatoms. The molecule has 1 aliphatic heterocycles. The lowest BCUT2D eigenvalue weighted by Crippen LogP contribution is -2.37. The second kappa shape index (κ2) is 6.29. The van der Waals surface area contributed by atoms with E-state index in [-0.39, 0.29) is 23.8 Å². The Bertz CT molecular complexity index is 869. The van der Waals surface area contributed by atoms with Crippen LogP contribution in [0.4, 0.5) is 14.5 Å². The van der Waals surface area contributed by atoms with Gasteiger partial charge in [0.25, 0.3) is 0 Å². The van der Waals surface area contributed by atoms with Gasteiger partial charge in [-0.25, -0.2) is 21.9 Å². The summed E-state index contributed by atoms with van der Waals surface area (Å²) in [5, 5.41) is 0. The van der Waals surface area contributed by atoms with E-state index in [4.69, 9.17) is 0 Å². The molecule has 0 spiro atoms. The van der Waals surface area contributed by atoms with Crippen molar-refractivity contribution in [3.63, 3.8) is 0 Å². The molecular weight excluding hydrogens is 338 g/mol. The third-order valence-electron chi connectivity index (χ3n) is 3.69. The van der Waals surface area contributed by atoms with Crippen LogP contribution in [-0.4, -0.2) is 26.9 Å². The summed E-state index contributed by atoms with van der Waals surface area (Å²) in [6, 6.07) is 9.30. The number of nitrogens with zero attached hydrogens (tertiary/aromatic N) is 1. The molecule has 0 aromatic heterocycles. The van der Waals surface area contributed by atoms with Gasteiger partial charge in [0.1, 0.15) is 11.6 Å². The van der Waals surface area contributed by atoms with Crippen LogP contribution < -0.4 is 9.62 Å². The molecule has 24 heavy (non-hydrogen) atoms. The molecule has 1 heterocycles. The van der Waals surface area contributed by atoms with E-state index >= 15 is 0 Å². The third-order valence-corrected chi connectivity index (χ3v) is 5.23. The molecule has 1 amide bonds. The monoisotopic (exact) mass is 352 g/mol. The van der Waals surface area contributed by atoms with E-state index in [2.05, 4.69) is 4.72 Å².